The maximum atomic E-state index is 8.56. The molecule has 0 aromatic heterocycles. The number of hydrogen-bond acceptors (Lipinski definition) is 3. The van der Waals surface area contributed by atoms with Gasteiger partial charge in [0.1, 0.15) is 0 Å². The van der Waals surface area contributed by atoms with Crippen LogP contribution < -0.4 is 0 Å². The van der Waals surface area contributed by atoms with E-state index in [1.807, 2.05) is 69.3 Å². The van der Waals surface area contributed by atoms with E-state index in [1.54, 1.807) is 6.07 Å². The van der Waals surface area contributed by atoms with Crippen molar-refractivity contribution in [1.82, 2.24) is 0 Å². The molecule has 0 atom stereocenters. The maximum Gasteiger partial charge on any atom is 0.0994 e. The first-order valence-electron chi connectivity index (χ1n) is 8.70. The van der Waals surface area contributed by atoms with Crippen LogP contribution in [-0.4, -0.2) is 0 Å². The average Bonchev–Trinajstić information content (AvgIpc) is 2.69. The Balaban J connectivity index is 0.000000225. The molecule has 0 aliphatic rings. The van der Waals surface area contributed by atoms with E-state index in [1.165, 1.54) is 7.14 Å². The number of nitriles is 3. The van der Waals surface area contributed by atoms with E-state index < -0.39 is 0 Å². The summed E-state index contributed by atoms with van der Waals surface area (Å²) in [7, 11) is 0. The van der Waals surface area contributed by atoms with Crippen molar-refractivity contribution < 1.29 is 0 Å². The van der Waals surface area contributed by atoms with E-state index in [0.29, 0.717) is 0 Å². The summed E-state index contributed by atoms with van der Waals surface area (Å²) in [6.07, 6.45) is 0. The van der Waals surface area contributed by atoms with Crippen LogP contribution in [-0.2, 0) is 0 Å². The molecule has 0 radical (unpaired) electrons. The van der Waals surface area contributed by atoms with Gasteiger partial charge in [0, 0.05) is 11.6 Å². The number of rotatable bonds is 0. The van der Waals surface area contributed by atoms with Crippen molar-refractivity contribution in [3.05, 3.63) is 99.6 Å². The first-order chi connectivity index (χ1) is 14.2. The van der Waals surface area contributed by atoms with Gasteiger partial charge in [0.15, 0.2) is 0 Å². The van der Waals surface area contributed by atoms with Gasteiger partial charge in [-0.3, -0.25) is 0 Å². The Hall–Kier alpha value is -1.93. The molecule has 0 saturated heterocycles. The van der Waals surface area contributed by atoms with Crippen LogP contribution >= 0.6 is 61.1 Å². The van der Waals surface area contributed by atoms with Crippen LogP contribution in [0.5, 0.6) is 0 Å². The highest BCUT2D eigenvalue weighted by atomic mass is 127. The Labute approximate surface area is 213 Å². The molecule has 0 aliphatic heterocycles. The van der Waals surface area contributed by atoms with Crippen LogP contribution in [0, 0.1) is 61.9 Å². The molecule has 0 heterocycles. The van der Waals surface area contributed by atoms with E-state index in [0.717, 1.165) is 37.9 Å². The minimum atomic E-state index is 0.739. The third-order valence-corrected chi connectivity index (χ3v) is 5.76. The van der Waals surface area contributed by atoms with Crippen LogP contribution in [0.2, 0.25) is 0 Å². The van der Waals surface area contributed by atoms with Crippen LogP contribution in [0.15, 0.2) is 59.1 Å². The minimum Gasteiger partial charge on any atom is -0.192 e. The highest BCUT2D eigenvalue weighted by molar-refractivity contribution is 14.1. The average molecular weight is 682 g/mol. The lowest BCUT2D eigenvalue weighted by atomic mass is 10.1. The van der Waals surface area contributed by atoms with Gasteiger partial charge in [0.25, 0.3) is 0 Å². The third-order valence-electron chi connectivity index (χ3n) is 3.93. The summed E-state index contributed by atoms with van der Waals surface area (Å²) in [5.41, 5.74) is 5.38. The second kappa shape index (κ2) is 13.4. The highest BCUT2D eigenvalue weighted by Crippen LogP contribution is 2.14. The zero-order valence-corrected chi connectivity index (χ0v) is 22.6. The Morgan fingerprint density at radius 2 is 0.933 bits per heavy atom. The van der Waals surface area contributed by atoms with Crippen LogP contribution in [0.1, 0.15) is 33.4 Å². The third kappa shape index (κ3) is 8.83. The summed E-state index contributed by atoms with van der Waals surface area (Å²) in [5.74, 6) is 0. The normalized spacial score (nSPS) is 8.90. The molecular weight excluding hydrogens is 664 g/mol. The van der Waals surface area contributed by atoms with Gasteiger partial charge in [-0.05, 0) is 137 Å². The molecule has 3 aromatic rings. The fourth-order valence-electron chi connectivity index (χ4n) is 2.26. The zero-order valence-electron chi connectivity index (χ0n) is 16.7. The van der Waals surface area contributed by atoms with Crippen LogP contribution in [0.3, 0.4) is 0 Å². The monoisotopic (exact) mass is 681 g/mol. The molecule has 0 unspecified atom stereocenters. The maximum absolute atomic E-state index is 8.56. The molecule has 30 heavy (non-hydrogen) atoms. The Kier molecular flexibility index (Phi) is 11.7. The Bertz CT molecular complexity index is 1010. The number of hydrogen-bond donors (Lipinski definition) is 0. The number of nitrogens with zero attached hydrogens (tertiary/aromatic N) is 3. The number of halogens is 3. The van der Waals surface area contributed by atoms with Crippen molar-refractivity contribution in [2.45, 2.75) is 20.8 Å². The van der Waals surface area contributed by atoms with Crippen LogP contribution in [0.25, 0.3) is 0 Å². The molecule has 0 N–H and O–H groups in total. The predicted octanol–water partition coefficient (Wildman–Crippen LogP) is 7.57. The lowest BCUT2D eigenvalue weighted by Crippen LogP contribution is -1.81. The quantitative estimate of drug-likeness (QED) is 0.230. The molecule has 150 valence electrons. The molecule has 3 rings (SSSR count). The molecule has 0 saturated carbocycles. The fourth-order valence-corrected chi connectivity index (χ4v) is 4.03. The SMILES string of the molecule is Cc1cc(Br)ccc1C#N.Cc1cc(I)ccc1C#N.Cc1cc(I)ccc1C#N. The first kappa shape index (κ1) is 26.1. The summed E-state index contributed by atoms with van der Waals surface area (Å²) in [4.78, 5) is 0. The van der Waals surface area contributed by atoms with Crippen molar-refractivity contribution >= 4 is 61.1 Å². The second-order valence-corrected chi connectivity index (χ2v) is 9.62. The van der Waals surface area contributed by atoms with Gasteiger partial charge in [-0.1, -0.05) is 15.9 Å². The van der Waals surface area contributed by atoms with Crippen molar-refractivity contribution in [2.75, 3.05) is 0 Å². The van der Waals surface area contributed by atoms with Crippen LogP contribution in [0.4, 0.5) is 0 Å². The predicted molar refractivity (Wildman–Crippen MR) is 141 cm³/mol. The first-order valence-corrected chi connectivity index (χ1v) is 11.7. The van der Waals surface area contributed by atoms with E-state index in [9.17, 15) is 0 Å². The standard InChI is InChI=1S/C8H6BrN.2C8H6IN/c3*1-6-4-8(9)3-2-7(6)5-10/h3*2-4H,1H3. The van der Waals surface area contributed by atoms with Gasteiger partial charge < -0.3 is 0 Å². The summed E-state index contributed by atoms with van der Waals surface area (Å²) < 4.78 is 3.37. The molecule has 3 nitrogen and oxygen atoms in total. The van der Waals surface area contributed by atoms with E-state index in [2.05, 4.69) is 79.3 Å². The zero-order chi connectivity index (χ0) is 22.7. The molecule has 3 aromatic carbocycles. The van der Waals surface area contributed by atoms with E-state index in [4.69, 9.17) is 15.8 Å². The molecule has 0 fully saturated rings. The molecular formula is C24H18BrI2N3. The molecule has 6 heteroatoms. The van der Waals surface area contributed by atoms with Crippen molar-refractivity contribution in [3.8, 4) is 18.2 Å². The van der Waals surface area contributed by atoms with Crippen molar-refractivity contribution in [1.29, 1.82) is 15.8 Å². The van der Waals surface area contributed by atoms with Gasteiger partial charge in [-0.15, -0.1) is 0 Å². The van der Waals surface area contributed by atoms with Gasteiger partial charge >= 0.3 is 0 Å². The lowest BCUT2D eigenvalue weighted by Gasteiger charge is -1.95. The topological polar surface area (TPSA) is 71.4 Å². The van der Waals surface area contributed by atoms with E-state index >= 15 is 0 Å². The molecule has 0 aliphatic carbocycles. The number of benzene rings is 3. The van der Waals surface area contributed by atoms with Gasteiger partial charge in [0.05, 0.1) is 34.9 Å². The number of aryl methyl sites for hydroxylation is 3. The summed E-state index contributed by atoms with van der Waals surface area (Å²) in [6.45, 7) is 5.81. The summed E-state index contributed by atoms with van der Waals surface area (Å²) in [5, 5.41) is 25.7. The lowest BCUT2D eigenvalue weighted by molar-refractivity contribution is 1.38. The summed E-state index contributed by atoms with van der Waals surface area (Å²) in [6, 6.07) is 23.5. The van der Waals surface area contributed by atoms with E-state index in [-0.39, 0.29) is 0 Å². The van der Waals surface area contributed by atoms with Crippen molar-refractivity contribution in [3.63, 3.8) is 0 Å². The summed E-state index contributed by atoms with van der Waals surface area (Å²) >= 11 is 7.77. The second-order valence-electron chi connectivity index (χ2n) is 6.21. The Morgan fingerprint density at radius 3 is 1.23 bits per heavy atom. The Morgan fingerprint density at radius 1 is 0.600 bits per heavy atom. The van der Waals surface area contributed by atoms with Gasteiger partial charge in [-0.25, -0.2) is 0 Å². The minimum absolute atomic E-state index is 0.739. The van der Waals surface area contributed by atoms with Gasteiger partial charge in [-0.2, -0.15) is 15.8 Å². The smallest absolute Gasteiger partial charge is 0.0994 e. The molecule has 0 spiro atoms. The fraction of sp³-hybridized carbons (Fsp3) is 0.125. The van der Waals surface area contributed by atoms with Gasteiger partial charge in [0.2, 0.25) is 0 Å². The highest BCUT2D eigenvalue weighted by Gasteiger charge is 1.96. The molecule has 0 amide bonds. The molecule has 0 bridgehead atoms. The van der Waals surface area contributed by atoms with Crippen molar-refractivity contribution in [2.24, 2.45) is 0 Å². The largest absolute Gasteiger partial charge is 0.192 e.